The lowest BCUT2D eigenvalue weighted by atomic mass is 10.1. The number of rotatable bonds is 2. The highest BCUT2D eigenvalue weighted by atomic mass is 79.9. The molecular weight excluding hydrogens is 424 g/mol. The standard InChI is InChI=1S/C17H9BrN2O3S2/c18-8-4-5-12-11(6-8)13(15(22)19-12)14-16(23)20(17(24)25-14)9-2-1-3-10(21)7-9/h1-7,21,23H. The molecule has 2 N–H and O–H groups in total. The van der Waals surface area contributed by atoms with Crippen molar-refractivity contribution in [2.24, 2.45) is 4.99 Å². The SMILES string of the molecule is O=C1N=c2ccc(Br)cc2=C1c1sc(=S)n(-c2cccc(O)c2)c1O. The zero-order valence-corrected chi connectivity index (χ0v) is 15.7. The van der Waals surface area contributed by atoms with E-state index in [1.165, 1.54) is 16.7 Å². The Kier molecular flexibility index (Phi) is 3.82. The molecule has 0 bridgehead atoms. The van der Waals surface area contributed by atoms with E-state index in [1.807, 2.05) is 0 Å². The third kappa shape index (κ3) is 2.62. The van der Waals surface area contributed by atoms with Crippen LogP contribution >= 0.6 is 39.5 Å². The maximum atomic E-state index is 12.4. The smallest absolute Gasteiger partial charge is 0.279 e. The van der Waals surface area contributed by atoms with Gasteiger partial charge in [0.2, 0.25) is 5.88 Å². The number of carbonyl (C=O) groups excluding carboxylic acids is 1. The first-order valence-corrected chi connectivity index (χ1v) is 9.15. The summed E-state index contributed by atoms with van der Waals surface area (Å²) in [6.07, 6.45) is 0. The molecule has 0 saturated heterocycles. The summed E-state index contributed by atoms with van der Waals surface area (Å²) < 4.78 is 2.59. The number of thiazole rings is 1. The molecule has 0 unspecified atom stereocenters. The van der Waals surface area contributed by atoms with Crippen LogP contribution < -0.4 is 10.6 Å². The molecule has 4 rings (SSSR count). The summed E-state index contributed by atoms with van der Waals surface area (Å²) in [6.45, 7) is 0. The molecule has 0 fully saturated rings. The molecule has 0 atom stereocenters. The molecule has 8 heteroatoms. The number of benzene rings is 2. The van der Waals surface area contributed by atoms with Crippen LogP contribution in [0.2, 0.25) is 0 Å². The zero-order chi connectivity index (χ0) is 17.7. The molecule has 0 radical (unpaired) electrons. The third-order valence-corrected chi connectivity index (χ3v) is 5.64. The third-order valence-electron chi connectivity index (χ3n) is 3.77. The fourth-order valence-corrected chi connectivity index (χ4v) is 4.44. The molecule has 0 spiro atoms. The van der Waals surface area contributed by atoms with Gasteiger partial charge in [-0.2, -0.15) is 0 Å². The van der Waals surface area contributed by atoms with Crippen LogP contribution in [0, 0.1) is 3.95 Å². The second kappa shape index (κ2) is 5.91. The Morgan fingerprint density at radius 3 is 2.72 bits per heavy atom. The molecule has 1 amide bonds. The van der Waals surface area contributed by atoms with Gasteiger partial charge in [0.05, 0.1) is 16.6 Å². The van der Waals surface area contributed by atoms with Crippen molar-refractivity contribution in [3.63, 3.8) is 0 Å². The molecule has 124 valence electrons. The Bertz CT molecular complexity index is 1230. The zero-order valence-electron chi connectivity index (χ0n) is 12.4. The Balaban J connectivity index is 2.02. The first-order valence-electron chi connectivity index (χ1n) is 7.13. The molecule has 3 aromatic rings. The monoisotopic (exact) mass is 432 g/mol. The minimum absolute atomic E-state index is 0.0559. The topological polar surface area (TPSA) is 74.8 Å². The maximum Gasteiger partial charge on any atom is 0.279 e. The number of nitrogens with zero attached hydrogens (tertiary/aromatic N) is 2. The van der Waals surface area contributed by atoms with Gasteiger partial charge >= 0.3 is 0 Å². The molecular formula is C17H9BrN2O3S2. The number of aromatic hydroxyl groups is 2. The molecule has 25 heavy (non-hydrogen) atoms. The molecule has 2 aromatic carbocycles. The summed E-state index contributed by atoms with van der Waals surface area (Å²) >= 11 is 9.87. The van der Waals surface area contributed by atoms with E-state index in [2.05, 4.69) is 20.9 Å². The predicted molar refractivity (Wildman–Crippen MR) is 100 cm³/mol. The quantitative estimate of drug-likeness (QED) is 0.610. The fourth-order valence-electron chi connectivity index (χ4n) is 2.70. The highest BCUT2D eigenvalue weighted by molar-refractivity contribution is 9.10. The normalized spacial score (nSPS) is 13.0. The minimum Gasteiger partial charge on any atom is -0.508 e. The molecule has 1 aliphatic heterocycles. The van der Waals surface area contributed by atoms with Crippen LogP contribution in [-0.4, -0.2) is 20.7 Å². The van der Waals surface area contributed by atoms with Crippen LogP contribution in [0.15, 0.2) is 51.9 Å². The molecule has 2 heterocycles. The van der Waals surface area contributed by atoms with Gasteiger partial charge in [0.1, 0.15) is 10.6 Å². The predicted octanol–water partition coefficient (Wildman–Crippen LogP) is 2.80. The van der Waals surface area contributed by atoms with Crippen molar-refractivity contribution in [2.75, 3.05) is 0 Å². The van der Waals surface area contributed by atoms with E-state index in [-0.39, 0.29) is 11.6 Å². The lowest BCUT2D eigenvalue weighted by Gasteiger charge is -2.05. The Hall–Kier alpha value is -2.29. The van der Waals surface area contributed by atoms with Crippen molar-refractivity contribution in [1.82, 2.24) is 4.57 Å². The van der Waals surface area contributed by atoms with Crippen molar-refractivity contribution >= 4 is 51.0 Å². The van der Waals surface area contributed by atoms with E-state index in [1.54, 1.807) is 30.3 Å². The second-order valence-corrected chi connectivity index (χ2v) is 7.89. The number of phenolic OH excluding ortho intramolecular Hbond substituents is 1. The summed E-state index contributed by atoms with van der Waals surface area (Å²) in [6, 6.07) is 11.7. The first kappa shape index (κ1) is 16.2. The van der Waals surface area contributed by atoms with Crippen molar-refractivity contribution in [1.29, 1.82) is 0 Å². The Morgan fingerprint density at radius 2 is 1.96 bits per heavy atom. The number of fused-ring (bicyclic) bond motifs is 1. The number of aromatic nitrogens is 1. The van der Waals surface area contributed by atoms with Crippen LogP contribution in [0.3, 0.4) is 0 Å². The minimum atomic E-state index is -0.414. The summed E-state index contributed by atoms with van der Waals surface area (Å²) in [5.74, 6) is -0.505. The molecule has 1 aromatic heterocycles. The lowest BCUT2D eigenvalue weighted by Crippen LogP contribution is -2.22. The van der Waals surface area contributed by atoms with Gasteiger partial charge in [-0.25, -0.2) is 4.99 Å². The molecule has 0 aliphatic carbocycles. The van der Waals surface area contributed by atoms with E-state index >= 15 is 0 Å². The van der Waals surface area contributed by atoms with Crippen molar-refractivity contribution in [3.05, 3.63) is 66.3 Å². The largest absolute Gasteiger partial charge is 0.508 e. The van der Waals surface area contributed by atoms with Crippen molar-refractivity contribution in [2.45, 2.75) is 0 Å². The van der Waals surface area contributed by atoms with Gasteiger partial charge in [-0.05, 0) is 42.5 Å². The Labute approximate surface area is 159 Å². The van der Waals surface area contributed by atoms with Crippen molar-refractivity contribution < 1.29 is 15.0 Å². The lowest BCUT2D eigenvalue weighted by molar-refractivity contribution is -0.112. The van der Waals surface area contributed by atoms with Crippen LogP contribution in [0.4, 0.5) is 0 Å². The van der Waals surface area contributed by atoms with E-state index in [0.717, 1.165) is 15.8 Å². The van der Waals surface area contributed by atoms with Crippen LogP contribution in [0.25, 0.3) is 11.3 Å². The molecule has 1 aliphatic rings. The highest BCUT2D eigenvalue weighted by Gasteiger charge is 2.25. The Morgan fingerprint density at radius 1 is 1.16 bits per heavy atom. The van der Waals surface area contributed by atoms with Crippen molar-refractivity contribution in [3.8, 4) is 17.3 Å². The molecule has 0 saturated carbocycles. The summed E-state index contributed by atoms with van der Waals surface area (Å²) in [4.78, 5) is 16.8. The van der Waals surface area contributed by atoms with Gasteiger partial charge in [-0.15, -0.1) is 11.3 Å². The van der Waals surface area contributed by atoms with Gasteiger partial charge in [-0.3, -0.25) is 9.36 Å². The number of phenols is 1. The fraction of sp³-hybridized carbons (Fsp3) is 0. The van der Waals surface area contributed by atoms with Crippen LogP contribution in [0.1, 0.15) is 4.88 Å². The maximum absolute atomic E-state index is 12.4. The van der Waals surface area contributed by atoms with E-state index in [4.69, 9.17) is 12.2 Å². The van der Waals surface area contributed by atoms with E-state index < -0.39 is 5.91 Å². The molecule has 5 nitrogen and oxygen atoms in total. The van der Waals surface area contributed by atoms with Gasteiger partial charge in [0.15, 0.2) is 3.95 Å². The van der Waals surface area contributed by atoms with Crippen LogP contribution in [0.5, 0.6) is 11.6 Å². The average molecular weight is 433 g/mol. The van der Waals surface area contributed by atoms with Gasteiger partial charge in [0, 0.05) is 15.8 Å². The second-order valence-electron chi connectivity index (χ2n) is 5.33. The summed E-state index contributed by atoms with van der Waals surface area (Å²) in [5.41, 5.74) is 0.839. The van der Waals surface area contributed by atoms with E-state index in [0.29, 0.717) is 30.7 Å². The number of amides is 1. The van der Waals surface area contributed by atoms with Gasteiger partial charge in [0.25, 0.3) is 5.91 Å². The summed E-state index contributed by atoms with van der Waals surface area (Å²) in [7, 11) is 0. The number of carbonyl (C=O) groups is 1. The number of hydrogen-bond donors (Lipinski definition) is 2. The van der Waals surface area contributed by atoms with Crippen LogP contribution in [-0.2, 0) is 4.79 Å². The highest BCUT2D eigenvalue weighted by Crippen LogP contribution is 2.35. The van der Waals surface area contributed by atoms with E-state index in [9.17, 15) is 15.0 Å². The number of hydrogen-bond acceptors (Lipinski definition) is 5. The average Bonchev–Trinajstić information content (AvgIpc) is 3.02. The van der Waals surface area contributed by atoms with Gasteiger partial charge in [-0.1, -0.05) is 22.0 Å². The number of halogens is 1. The first-order chi connectivity index (χ1) is 12.0. The van der Waals surface area contributed by atoms with Gasteiger partial charge < -0.3 is 10.2 Å². The summed E-state index contributed by atoms with van der Waals surface area (Å²) in [5, 5.41) is 21.6.